The normalized spacial score (nSPS) is 23.4. The first-order chi connectivity index (χ1) is 15.3. The van der Waals surface area contributed by atoms with Crippen molar-refractivity contribution in [3.8, 4) is 0 Å². The van der Waals surface area contributed by atoms with Crippen LogP contribution in [0.25, 0.3) is 10.2 Å². The third-order valence-corrected chi connectivity index (χ3v) is 9.75. The third-order valence-electron chi connectivity index (χ3n) is 6.91. The lowest BCUT2D eigenvalue weighted by Gasteiger charge is -2.33. The van der Waals surface area contributed by atoms with Gasteiger partial charge in [0.25, 0.3) is 0 Å². The van der Waals surface area contributed by atoms with Crippen molar-refractivity contribution >= 4 is 37.5 Å². The van der Waals surface area contributed by atoms with E-state index in [2.05, 4.69) is 12.2 Å². The first-order valence-electron chi connectivity index (χ1n) is 11.7. The number of piperidine rings is 1. The van der Waals surface area contributed by atoms with E-state index in [1.165, 1.54) is 4.31 Å². The number of thiazole rings is 1. The van der Waals surface area contributed by atoms with Gasteiger partial charge in [0.2, 0.25) is 15.9 Å². The maximum absolute atomic E-state index is 13.2. The van der Waals surface area contributed by atoms with Gasteiger partial charge < -0.3 is 5.32 Å². The molecule has 1 saturated carbocycles. The highest BCUT2D eigenvalue weighted by molar-refractivity contribution is 7.89. The number of hydrogen-bond acceptors (Lipinski definition) is 5. The Morgan fingerprint density at radius 2 is 1.81 bits per heavy atom. The summed E-state index contributed by atoms with van der Waals surface area (Å²) in [5.74, 6) is 0.684. The monoisotopic (exact) mass is 479 g/mol. The van der Waals surface area contributed by atoms with E-state index in [1.807, 2.05) is 6.92 Å². The van der Waals surface area contributed by atoms with Crippen LogP contribution in [0.1, 0.15) is 58.8 Å². The molecule has 2 aliphatic rings. The van der Waals surface area contributed by atoms with E-state index < -0.39 is 10.0 Å². The maximum atomic E-state index is 13.2. The van der Waals surface area contributed by atoms with Crippen molar-refractivity contribution < 1.29 is 13.2 Å². The quantitative estimate of drug-likeness (QED) is 0.686. The highest BCUT2D eigenvalue weighted by Crippen LogP contribution is 2.28. The SMILES string of the molecule is CCCn1c(=O)sc2cc(S(=O)(=O)N3CCC(C(=O)NC4CCC(C)CC4)CC3)ccc21. The van der Waals surface area contributed by atoms with Crippen LogP contribution in [-0.4, -0.2) is 42.3 Å². The fourth-order valence-corrected chi connectivity index (χ4v) is 7.40. The molecule has 176 valence electrons. The summed E-state index contributed by atoms with van der Waals surface area (Å²) in [6.07, 6.45) is 6.30. The Morgan fingerprint density at radius 3 is 2.47 bits per heavy atom. The molecule has 4 rings (SSSR count). The van der Waals surface area contributed by atoms with Gasteiger partial charge in [0, 0.05) is 31.6 Å². The van der Waals surface area contributed by atoms with E-state index in [-0.39, 0.29) is 27.6 Å². The highest BCUT2D eigenvalue weighted by Gasteiger charge is 2.33. The molecule has 1 aromatic carbocycles. The van der Waals surface area contributed by atoms with Gasteiger partial charge in [-0.15, -0.1) is 0 Å². The number of sulfonamides is 1. The minimum atomic E-state index is -3.65. The number of rotatable bonds is 6. The molecule has 1 saturated heterocycles. The van der Waals surface area contributed by atoms with Crippen molar-refractivity contribution in [2.45, 2.75) is 76.3 Å². The largest absolute Gasteiger partial charge is 0.353 e. The fourth-order valence-electron chi connectivity index (χ4n) is 4.87. The number of carbonyl (C=O) groups is 1. The second kappa shape index (κ2) is 9.65. The highest BCUT2D eigenvalue weighted by atomic mass is 32.2. The molecule has 2 heterocycles. The molecular weight excluding hydrogens is 446 g/mol. The molecule has 1 aliphatic heterocycles. The molecule has 1 amide bonds. The molecule has 7 nitrogen and oxygen atoms in total. The summed E-state index contributed by atoms with van der Waals surface area (Å²) in [6, 6.07) is 5.21. The molecule has 1 N–H and O–H groups in total. The summed E-state index contributed by atoms with van der Waals surface area (Å²) < 4.78 is 30.3. The summed E-state index contributed by atoms with van der Waals surface area (Å²) in [4.78, 5) is 25.1. The van der Waals surface area contributed by atoms with E-state index in [0.717, 1.165) is 54.9 Å². The number of aryl methyl sites for hydroxylation is 1. The van der Waals surface area contributed by atoms with Gasteiger partial charge in [-0.3, -0.25) is 14.2 Å². The number of aromatic nitrogens is 1. The molecule has 32 heavy (non-hydrogen) atoms. The predicted molar refractivity (Wildman–Crippen MR) is 127 cm³/mol. The van der Waals surface area contributed by atoms with Crippen LogP contribution >= 0.6 is 11.3 Å². The van der Waals surface area contributed by atoms with Crippen molar-refractivity contribution in [1.29, 1.82) is 0 Å². The Morgan fingerprint density at radius 1 is 1.12 bits per heavy atom. The minimum absolute atomic E-state index is 0.0596. The second-order valence-electron chi connectivity index (χ2n) is 9.29. The van der Waals surface area contributed by atoms with Gasteiger partial charge in [0.05, 0.1) is 15.1 Å². The Bertz CT molecular complexity index is 1120. The average Bonchev–Trinajstić information content (AvgIpc) is 3.10. The van der Waals surface area contributed by atoms with Gasteiger partial charge in [-0.25, -0.2) is 8.42 Å². The molecule has 0 spiro atoms. The molecule has 0 bridgehead atoms. The summed E-state index contributed by atoms with van der Waals surface area (Å²) in [7, 11) is -3.65. The van der Waals surface area contributed by atoms with Gasteiger partial charge in [-0.1, -0.05) is 25.2 Å². The molecule has 2 aromatic rings. The minimum Gasteiger partial charge on any atom is -0.353 e. The van der Waals surface area contributed by atoms with E-state index in [9.17, 15) is 18.0 Å². The van der Waals surface area contributed by atoms with Crippen LogP contribution < -0.4 is 10.2 Å². The van der Waals surface area contributed by atoms with Gasteiger partial charge in [0.15, 0.2) is 0 Å². The fraction of sp³-hybridized carbons (Fsp3) is 0.652. The van der Waals surface area contributed by atoms with Gasteiger partial charge in [-0.05, 0) is 69.1 Å². The summed E-state index contributed by atoms with van der Waals surface area (Å²) in [5, 5.41) is 3.19. The Kier molecular flexibility index (Phi) is 7.07. The maximum Gasteiger partial charge on any atom is 0.308 e. The van der Waals surface area contributed by atoms with Crippen LogP contribution in [0.15, 0.2) is 27.9 Å². The second-order valence-corrected chi connectivity index (χ2v) is 12.2. The molecule has 1 aliphatic carbocycles. The molecule has 0 unspecified atom stereocenters. The number of benzene rings is 1. The zero-order valence-corrected chi connectivity index (χ0v) is 20.5. The Balaban J connectivity index is 1.40. The van der Waals surface area contributed by atoms with E-state index >= 15 is 0 Å². The number of nitrogens with zero attached hydrogens (tertiary/aromatic N) is 2. The first-order valence-corrected chi connectivity index (χ1v) is 14.0. The van der Waals surface area contributed by atoms with E-state index in [4.69, 9.17) is 0 Å². The number of carbonyl (C=O) groups excluding carboxylic acids is 1. The van der Waals surface area contributed by atoms with Crippen molar-refractivity contribution in [1.82, 2.24) is 14.2 Å². The lowest BCUT2D eigenvalue weighted by atomic mass is 9.87. The van der Waals surface area contributed by atoms with Crippen molar-refractivity contribution in [3.63, 3.8) is 0 Å². The number of nitrogens with one attached hydrogen (secondary N) is 1. The molecule has 0 atom stereocenters. The summed E-state index contributed by atoms with van der Waals surface area (Å²) in [6.45, 7) is 5.57. The smallest absolute Gasteiger partial charge is 0.308 e. The van der Waals surface area contributed by atoms with Crippen LogP contribution in [0, 0.1) is 11.8 Å². The average molecular weight is 480 g/mol. The van der Waals surface area contributed by atoms with Crippen LogP contribution in [0.5, 0.6) is 0 Å². The molecular formula is C23H33N3O4S2. The third kappa shape index (κ3) is 4.79. The van der Waals surface area contributed by atoms with Crippen molar-refractivity contribution in [2.24, 2.45) is 11.8 Å². The van der Waals surface area contributed by atoms with Crippen LogP contribution in [0.2, 0.25) is 0 Å². The lowest BCUT2D eigenvalue weighted by molar-refractivity contribution is -0.127. The number of fused-ring (bicyclic) bond motifs is 1. The zero-order chi connectivity index (χ0) is 22.9. The Labute approximate surface area is 193 Å². The van der Waals surface area contributed by atoms with Crippen LogP contribution in [0.4, 0.5) is 0 Å². The topological polar surface area (TPSA) is 88.5 Å². The Hall–Kier alpha value is -1.71. The first kappa shape index (κ1) is 23.4. The van der Waals surface area contributed by atoms with Crippen molar-refractivity contribution in [2.75, 3.05) is 13.1 Å². The van der Waals surface area contributed by atoms with Gasteiger partial charge in [-0.2, -0.15) is 4.31 Å². The molecule has 1 aromatic heterocycles. The van der Waals surface area contributed by atoms with Crippen molar-refractivity contribution in [3.05, 3.63) is 27.9 Å². The van der Waals surface area contributed by atoms with Gasteiger partial charge >= 0.3 is 4.87 Å². The van der Waals surface area contributed by atoms with Gasteiger partial charge in [0.1, 0.15) is 0 Å². The standard InChI is InChI=1S/C23H33N3O4S2/c1-3-12-26-20-9-8-19(15-21(20)31-23(26)28)32(29,30)25-13-10-17(11-14-25)22(27)24-18-6-4-16(2)5-7-18/h8-9,15-18H,3-7,10-14H2,1-2H3,(H,24,27). The lowest BCUT2D eigenvalue weighted by Crippen LogP contribution is -2.46. The molecule has 0 radical (unpaired) electrons. The van der Waals surface area contributed by atoms with Crippen LogP contribution in [0.3, 0.4) is 0 Å². The molecule has 9 heteroatoms. The van der Waals surface area contributed by atoms with E-state index in [0.29, 0.717) is 37.2 Å². The zero-order valence-electron chi connectivity index (χ0n) is 18.9. The number of amides is 1. The summed E-state index contributed by atoms with van der Waals surface area (Å²) >= 11 is 1.09. The predicted octanol–water partition coefficient (Wildman–Crippen LogP) is 3.57. The number of hydrogen-bond donors (Lipinski definition) is 1. The van der Waals surface area contributed by atoms with E-state index in [1.54, 1.807) is 22.8 Å². The molecule has 2 fully saturated rings. The summed E-state index contributed by atoms with van der Waals surface area (Å²) in [5.41, 5.74) is 0.785. The van der Waals surface area contributed by atoms with Crippen LogP contribution in [-0.2, 0) is 21.4 Å².